The zero-order valence-electron chi connectivity index (χ0n) is 14.6. The molecule has 10 heteroatoms. The smallest absolute Gasteiger partial charge is 0.319 e. The summed E-state index contributed by atoms with van der Waals surface area (Å²) in [5.41, 5.74) is -0.666. The number of anilines is 1. The van der Waals surface area contributed by atoms with E-state index in [1.807, 2.05) is 0 Å². The zero-order valence-corrected chi connectivity index (χ0v) is 16.9. The highest BCUT2D eigenvalue weighted by Gasteiger charge is 2.51. The third-order valence-corrected chi connectivity index (χ3v) is 5.16. The number of aromatic nitrogens is 1. The number of carbonyl (C=O) groups excluding carboxylic acids is 3. The zero-order chi connectivity index (χ0) is 20.5. The van der Waals surface area contributed by atoms with E-state index in [0.717, 1.165) is 4.90 Å². The van der Waals surface area contributed by atoms with Crippen LogP contribution in [-0.4, -0.2) is 34.3 Å². The number of nitrogens with zero attached hydrogens (tertiary/aromatic N) is 2. The number of hydrogen-bond donors (Lipinski definition) is 2. The molecule has 2 heterocycles. The number of imide groups is 1. The van der Waals surface area contributed by atoms with Crippen LogP contribution in [-0.2, 0) is 15.1 Å². The van der Waals surface area contributed by atoms with Crippen LogP contribution in [0.4, 0.5) is 10.6 Å². The Balaban J connectivity index is 1.79. The molecule has 3 rings (SSSR count). The molecule has 1 saturated heterocycles. The van der Waals surface area contributed by atoms with Gasteiger partial charge in [-0.2, -0.15) is 0 Å². The Bertz CT molecular complexity index is 952. The van der Waals surface area contributed by atoms with Crippen LogP contribution >= 0.6 is 34.8 Å². The van der Waals surface area contributed by atoms with Crippen LogP contribution in [0.5, 0.6) is 0 Å². The Morgan fingerprint density at radius 2 is 1.86 bits per heavy atom. The molecule has 1 aliphatic heterocycles. The molecule has 146 valence electrons. The molecule has 1 aliphatic rings. The summed E-state index contributed by atoms with van der Waals surface area (Å²) in [6, 6.07) is 7.37. The normalized spacial score (nSPS) is 18.9. The van der Waals surface area contributed by atoms with Crippen LogP contribution in [0.3, 0.4) is 0 Å². The Morgan fingerprint density at radius 1 is 1.18 bits per heavy atom. The highest BCUT2D eigenvalue weighted by atomic mass is 35.5. The van der Waals surface area contributed by atoms with E-state index in [0.29, 0.717) is 22.0 Å². The Morgan fingerprint density at radius 3 is 2.46 bits per heavy atom. The lowest BCUT2D eigenvalue weighted by molar-refractivity contribution is -0.134. The molecular formula is C18H15Cl3N4O3. The maximum atomic E-state index is 13.0. The SMILES string of the molecule is CCC1(c2ccc(Cl)cc2)NC(=O)N(CC(=O)Nc2ncc(Cl)cc2Cl)C1=O. The van der Waals surface area contributed by atoms with Gasteiger partial charge in [-0.1, -0.05) is 53.9 Å². The van der Waals surface area contributed by atoms with Crippen molar-refractivity contribution in [1.29, 1.82) is 0 Å². The second-order valence-corrected chi connectivity index (χ2v) is 7.40. The number of benzene rings is 1. The van der Waals surface area contributed by atoms with Crippen molar-refractivity contribution in [3.63, 3.8) is 0 Å². The third-order valence-electron chi connectivity index (χ3n) is 4.41. The van der Waals surface area contributed by atoms with Gasteiger partial charge in [-0.3, -0.25) is 14.5 Å². The number of nitrogens with one attached hydrogen (secondary N) is 2. The second kappa shape index (κ2) is 7.95. The highest BCUT2D eigenvalue weighted by Crippen LogP contribution is 2.33. The summed E-state index contributed by atoms with van der Waals surface area (Å²) in [6.45, 7) is 1.29. The maximum absolute atomic E-state index is 13.0. The molecule has 1 aromatic carbocycles. The van der Waals surface area contributed by atoms with Gasteiger partial charge in [0.1, 0.15) is 12.1 Å². The Hall–Kier alpha value is -2.35. The van der Waals surface area contributed by atoms with Gasteiger partial charge in [-0.25, -0.2) is 9.78 Å². The van der Waals surface area contributed by atoms with Crippen molar-refractivity contribution in [1.82, 2.24) is 15.2 Å². The van der Waals surface area contributed by atoms with E-state index in [4.69, 9.17) is 34.8 Å². The maximum Gasteiger partial charge on any atom is 0.325 e. The Labute approximate surface area is 176 Å². The largest absolute Gasteiger partial charge is 0.325 e. The third kappa shape index (κ3) is 3.78. The van der Waals surface area contributed by atoms with Gasteiger partial charge in [0, 0.05) is 11.2 Å². The van der Waals surface area contributed by atoms with Gasteiger partial charge in [0.15, 0.2) is 5.82 Å². The van der Waals surface area contributed by atoms with Crippen LogP contribution in [0.2, 0.25) is 15.1 Å². The molecule has 0 aliphatic carbocycles. The first-order chi connectivity index (χ1) is 13.3. The predicted molar refractivity (Wildman–Crippen MR) is 107 cm³/mol. The molecule has 1 aromatic heterocycles. The molecule has 0 radical (unpaired) electrons. The summed E-state index contributed by atoms with van der Waals surface area (Å²) in [6.07, 6.45) is 1.63. The number of amides is 4. The second-order valence-electron chi connectivity index (χ2n) is 6.12. The van der Waals surface area contributed by atoms with Crippen LogP contribution in [0, 0.1) is 0 Å². The first-order valence-electron chi connectivity index (χ1n) is 8.28. The van der Waals surface area contributed by atoms with Gasteiger partial charge < -0.3 is 10.6 Å². The average molecular weight is 442 g/mol. The molecule has 0 bridgehead atoms. The van der Waals surface area contributed by atoms with E-state index in [-0.39, 0.29) is 10.8 Å². The van der Waals surface area contributed by atoms with E-state index < -0.39 is 29.9 Å². The number of hydrogen-bond acceptors (Lipinski definition) is 4. The highest BCUT2D eigenvalue weighted by molar-refractivity contribution is 6.36. The fourth-order valence-electron chi connectivity index (χ4n) is 2.97. The number of pyridine rings is 1. The number of urea groups is 1. The van der Waals surface area contributed by atoms with E-state index in [2.05, 4.69) is 15.6 Å². The predicted octanol–water partition coefficient (Wildman–Crippen LogP) is 3.84. The first-order valence-corrected chi connectivity index (χ1v) is 9.41. The van der Waals surface area contributed by atoms with Crippen molar-refractivity contribution >= 4 is 58.5 Å². The van der Waals surface area contributed by atoms with Gasteiger partial charge in [-0.15, -0.1) is 0 Å². The molecule has 4 amide bonds. The van der Waals surface area contributed by atoms with Gasteiger partial charge in [-0.05, 0) is 30.2 Å². The topological polar surface area (TPSA) is 91.4 Å². The molecule has 0 spiro atoms. The minimum absolute atomic E-state index is 0.0857. The molecule has 1 fully saturated rings. The molecule has 1 unspecified atom stereocenters. The average Bonchev–Trinajstić information content (AvgIpc) is 2.90. The summed E-state index contributed by atoms with van der Waals surface area (Å²) in [5.74, 6) is -1.06. The molecule has 7 nitrogen and oxygen atoms in total. The van der Waals surface area contributed by atoms with Crippen molar-refractivity contribution in [3.8, 4) is 0 Å². The lowest BCUT2D eigenvalue weighted by atomic mass is 9.87. The number of rotatable bonds is 5. The molecule has 1 atom stereocenters. The summed E-state index contributed by atoms with van der Waals surface area (Å²) in [5, 5.41) is 6.13. The van der Waals surface area contributed by atoms with Crippen LogP contribution < -0.4 is 10.6 Å². The summed E-state index contributed by atoms with van der Waals surface area (Å²) >= 11 is 17.7. The summed E-state index contributed by atoms with van der Waals surface area (Å²) < 4.78 is 0. The van der Waals surface area contributed by atoms with Gasteiger partial charge in [0.25, 0.3) is 5.91 Å². The molecule has 0 saturated carbocycles. The lowest BCUT2D eigenvalue weighted by Crippen LogP contribution is -2.44. The monoisotopic (exact) mass is 440 g/mol. The van der Waals surface area contributed by atoms with Crippen molar-refractivity contribution in [3.05, 3.63) is 57.2 Å². The first kappa shape index (κ1) is 20.4. The quantitative estimate of drug-likeness (QED) is 0.690. The number of halogens is 3. The van der Waals surface area contributed by atoms with E-state index >= 15 is 0 Å². The summed E-state index contributed by atoms with van der Waals surface area (Å²) in [4.78, 5) is 42.6. The number of carbonyl (C=O) groups is 3. The van der Waals surface area contributed by atoms with Gasteiger partial charge in [0.05, 0.1) is 10.0 Å². The molecule has 2 aromatic rings. The van der Waals surface area contributed by atoms with Crippen LogP contribution in [0.15, 0.2) is 36.5 Å². The fourth-order valence-corrected chi connectivity index (χ4v) is 3.52. The van der Waals surface area contributed by atoms with Crippen molar-refractivity contribution in [2.75, 3.05) is 11.9 Å². The van der Waals surface area contributed by atoms with Crippen LogP contribution in [0.25, 0.3) is 0 Å². The van der Waals surface area contributed by atoms with E-state index in [9.17, 15) is 14.4 Å². The van der Waals surface area contributed by atoms with E-state index in [1.165, 1.54) is 12.3 Å². The van der Waals surface area contributed by atoms with Gasteiger partial charge in [0.2, 0.25) is 5.91 Å². The fraction of sp³-hybridized carbons (Fsp3) is 0.222. The van der Waals surface area contributed by atoms with Crippen LogP contribution in [0.1, 0.15) is 18.9 Å². The van der Waals surface area contributed by atoms with Crippen molar-refractivity contribution in [2.45, 2.75) is 18.9 Å². The minimum Gasteiger partial charge on any atom is -0.319 e. The molecular weight excluding hydrogens is 427 g/mol. The Kier molecular flexibility index (Phi) is 5.79. The van der Waals surface area contributed by atoms with Gasteiger partial charge >= 0.3 is 6.03 Å². The van der Waals surface area contributed by atoms with Crippen molar-refractivity contribution < 1.29 is 14.4 Å². The standard InChI is InChI=1S/C18H15Cl3N4O3/c1-2-18(10-3-5-11(19)6-4-10)16(27)25(17(28)24-18)9-14(26)23-15-13(21)7-12(20)8-22-15/h3-8H,2,9H2,1H3,(H,24,28)(H,22,23,26). The summed E-state index contributed by atoms with van der Waals surface area (Å²) in [7, 11) is 0. The van der Waals surface area contributed by atoms with Crippen molar-refractivity contribution in [2.24, 2.45) is 0 Å². The molecule has 28 heavy (non-hydrogen) atoms. The van der Waals surface area contributed by atoms with E-state index in [1.54, 1.807) is 31.2 Å². The lowest BCUT2D eigenvalue weighted by Gasteiger charge is -2.25. The molecule has 2 N–H and O–H groups in total. The minimum atomic E-state index is -1.25.